The van der Waals surface area contributed by atoms with E-state index < -0.39 is 12.0 Å². The summed E-state index contributed by atoms with van der Waals surface area (Å²) in [4.78, 5) is 11.6. The van der Waals surface area contributed by atoms with Crippen LogP contribution in [0.5, 0.6) is 0 Å². The van der Waals surface area contributed by atoms with Crippen LogP contribution in [0.3, 0.4) is 0 Å². The second-order valence-corrected chi connectivity index (χ2v) is 8.03. The minimum Gasteiger partial charge on any atom is -0.383 e. The minimum atomic E-state index is -4.59. The van der Waals surface area contributed by atoms with Gasteiger partial charge in [-0.1, -0.05) is 23.7 Å². The van der Waals surface area contributed by atoms with Crippen molar-refractivity contribution >= 4 is 52.2 Å². The Labute approximate surface area is 198 Å². The molecule has 0 bridgehead atoms. The quantitative estimate of drug-likeness (QED) is 0.316. The van der Waals surface area contributed by atoms with Crippen molar-refractivity contribution in [1.82, 2.24) is 14.9 Å². The molecule has 3 heterocycles. The number of hydrogen-bond donors (Lipinski definition) is 2. The van der Waals surface area contributed by atoms with Crippen molar-refractivity contribution in [2.45, 2.75) is 12.7 Å². The Morgan fingerprint density at radius 1 is 1.15 bits per heavy atom. The van der Waals surface area contributed by atoms with Crippen LogP contribution in [0.15, 0.2) is 52.9 Å². The third-order valence-electron chi connectivity index (χ3n) is 5.54. The molecule has 1 aliphatic heterocycles. The van der Waals surface area contributed by atoms with E-state index >= 15 is 0 Å². The van der Waals surface area contributed by atoms with Gasteiger partial charge >= 0.3 is 6.18 Å². The molecule has 0 unspecified atom stereocenters. The number of aromatic nitrogens is 2. The molecule has 8 nitrogen and oxygen atoms in total. The van der Waals surface area contributed by atoms with Gasteiger partial charge in [-0.15, -0.1) is 5.10 Å². The zero-order chi connectivity index (χ0) is 24.3. The number of alkyl halides is 3. The summed E-state index contributed by atoms with van der Waals surface area (Å²) >= 11 is 6.50. The average molecular weight is 491 g/mol. The molecule has 1 aliphatic rings. The van der Waals surface area contributed by atoms with E-state index in [4.69, 9.17) is 17.3 Å². The first-order valence-corrected chi connectivity index (χ1v) is 10.8. The first kappa shape index (κ1) is 23.6. The maximum atomic E-state index is 13.2. The maximum Gasteiger partial charge on any atom is 0.451 e. The van der Waals surface area contributed by atoms with Crippen LogP contribution in [0, 0.1) is 0 Å². The molecule has 12 heteroatoms. The third-order valence-corrected chi connectivity index (χ3v) is 5.90. The molecule has 1 fully saturated rings. The minimum absolute atomic E-state index is 0.121. The summed E-state index contributed by atoms with van der Waals surface area (Å²) in [5, 5.41) is 11.9. The van der Waals surface area contributed by atoms with Crippen molar-refractivity contribution in [1.29, 1.82) is 0 Å². The molecule has 0 amide bonds. The molecule has 1 saturated heterocycles. The van der Waals surface area contributed by atoms with Crippen LogP contribution >= 0.6 is 11.6 Å². The molecule has 1 aromatic carbocycles. The predicted molar refractivity (Wildman–Crippen MR) is 130 cm³/mol. The summed E-state index contributed by atoms with van der Waals surface area (Å²) < 4.78 is 39.6. The number of halogens is 4. The van der Waals surface area contributed by atoms with Gasteiger partial charge in [0.25, 0.3) is 0 Å². The van der Waals surface area contributed by atoms with Crippen LogP contribution in [-0.4, -0.2) is 59.8 Å². The van der Waals surface area contributed by atoms with E-state index in [1.807, 2.05) is 29.2 Å². The van der Waals surface area contributed by atoms with E-state index in [1.54, 1.807) is 18.5 Å². The lowest BCUT2D eigenvalue weighted by molar-refractivity contribution is -0.0693. The molecule has 34 heavy (non-hydrogen) atoms. The molecule has 0 saturated carbocycles. The van der Waals surface area contributed by atoms with Crippen molar-refractivity contribution in [3.8, 4) is 0 Å². The van der Waals surface area contributed by atoms with Gasteiger partial charge in [0.1, 0.15) is 11.6 Å². The van der Waals surface area contributed by atoms with Crippen molar-refractivity contribution in [2.75, 3.05) is 42.1 Å². The van der Waals surface area contributed by atoms with Gasteiger partial charge in [0.05, 0.1) is 5.02 Å². The molecule has 0 aliphatic carbocycles. The molecule has 3 N–H and O–H groups in total. The molecular weight excluding hydrogens is 469 g/mol. The van der Waals surface area contributed by atoms with Crippen LogP contribution in [0.1, 0.15) is 5.56 Å². The van der Waals surface area contributed by atoms with Crippen LogP contribution in [-0.2, 0) is 6.54 Å². The number of fused-ring (bicyclic) bond motifs is 1. The number of amidine groups is 1. The average Bonchev–Trinajstić information content (AvgIpc) is 2.81. The fourth-order valence-corrected chi connectivity index (χ4v) is 4.05. The maximum absolute atomic E-state index is 13.2. The van der Waals surface area contributed by atoms with Gasteiger partial charge in [0.15, 0.2) is 0 Å². The zero-order valence-electron chi connectivity index (χ0n) is 18.1. The van der Waals surface area contributed by atoms with Gasteiger partial charge in [-0.05, 0) is 18.2 Å². The van der Waals surface area contributed by atoms with Crippen molar-refractivity contribution in [3.05, 3.63) is 53.3 Å². The Kier molecular flexibility index (Phi) is 6.73. The standard InChI is InChI=1S/C22H22ClF3N8/c1-28-32-21(22(24,25)26)34-9-7-33(8-10-34)19-11-17(23)14(13-31-19)12-30-18-4-2-3-16-15(18)5-6-29-20(16)27/h2-6,11,13,30H,1,7-10,12H2,(H2,27,29)/b32-21-. The SMILES string of the molecule is C=N/N=C(\N1CCN(c2cc(Cl)c(CNc3cccc4c(N)nccc34)cn2)CC1)C(F)(F)F. The Morgan fingerprint density at radius 3 is 2.59 bits per heavy atom. The number of pyridine rings is 2. The molecule has 2 aromatic heterocycles. The second-order valence-electron chi connectivity index (χ2n) is 7.62. The summed E-state index contributed by atoms with van der Waals surface area (Å²) in [5.74, 6) is 0.0185. The smallest absolute Gasteiger partial charge is 0.383 e. The van der Waals surface area contributed by atoms with Gasteiger partial charge in [-0.25, -0.2) is 9.97 Å². The van der Waals surface area contributed by atoms with E-state index in [0.29, 0.717) is 36.3 Å². The lowest BCUT2D eigenvalue weighted by atomic mass is 10.1. The van der Waals surface area contributed by atoms with Crippen LogP contribution < -0.4 is 16.0 Å². The summed E-state index contributed by atoms with van der Waals surface area (Å²) in [6.07, 6.45) is -1.27. The van der Waals surface area contributed by atoms with Crippen LogP contribution in [0.2, 0.25) is 5.02 Å². The molecule has 178 valence electrons. The van der Waals surface area contributed by atoms with Crippen LogP contribution in [0.25, 0.3) is 10.8 Å². The lowest BCUT2D eigenvalue weighted by Crippen LogP contribution is -2.52. The third kappa shape index (κ3) is 4.98. The van der Waals surface area contributed by atoms with Gasteiger partial charge in [0.2, 0.25) is 5.84 Å². The van der Waals surface area contributed by atoms with Gasteiger partial charge in [0, 0.05) is 73.9 Å². The number of rotatable bonds is 5. The first-order valence-electron chi connectivity index (χ1n) is 10.4. The number of piperazine rings is 1. The molecule has 0 spiro atoms. The van der Waals surface area contributed by atoms with Crippen molar-refractivity contribution < 1.29 is 13.2 Å². The fraction of sp³-hybridized carbons (Fsp3) is 0.273. The molecule has 3 aromatic rings. The van der Waals surface area contributed by atoms with Gasteiger partial charge < -0.3 is 20.9 Å². The number of nitrogens with two attached hydrogens (primary N) is 1. The van der Waals surface area contributed by atoms with Gasteiger partial charge in [-0.2, -0.15) is 18.3 Å². The second kappa shape index (κ2) is 9.72. The van der Waals surface area contributed by atoms with Crippen molar-refractivity contribution in [2.24, 2.45) is 10.2 Å². The van der Waals surface area contributed by atoms with E-state index in [9.17, 15) is 13.2 Å². The Bertz CT molecular complexity index is 1220. The molecule has 0 atom stereocenters. The van der Waals surface area contributed by atoms with E-state index in [-0.39, 0.29) is 13.1 Å². The highest BCUT2D eigenvalue weighted by Gasteiger charge is 2.41. The zero-order valence-corrected chi connectivity index (χ0v) is 18.8. The predicted octanol–water partition coefficient (Wildman–Crippen LogP) is 4.18. The highest BCUT2D eigenvalue weighted by Crippen LogP contribution is 2.28. The Morgan fingerprint density at radius 2 is 1.91 bits per heavy atom. The summed E-state index contributed by atoms with van der Waals surface area (Å²) in [7, 11) is 0. The number of nitrogens with one attached hydrogen (secondary N) is 1. The monoisotopic (exact) mass is 490 g/mol. The highest BCUT2D eigenvalue weighted by atomic mass is 35.5. The summed E-state index contributed by atoms with van der Waals surface area (Å²) in [5.41, 5.74) is 7.63. The largest absolute Gasteiger partial charge is 0.451 e. The van der Waals surface area contributed by atoms with E-state index in [0.717, 1.165) is 26.9 Å². The topological polar surface area (TPSA) is 95.0 Å². The first-order chi connectivity index (χ1) is 16.3. The van der Waals surface area contributed by atoms with E-state index in [2.05, 4.69) is 32.2 Å². The van der Waals surface area contributed by atoms with Gasteiger partial charge in [-0.3, -0.25) is 0 Å². The van der Waals surface area contributed by atoms with Crippen LogP contribution in [0.4, 0.5) is 30.5 Å². The number of nitrogen functional groups attached to an aromatic ring is 1. The highest BCUT2D eigenvalue weighted by molar-refractivity contribution is 6.31. The Balaban J connectivity index is 1.42. The Hall–Kier alpha value is -3.60. The fourth-order valence-electron chi connectivity index (χ4n) is 3.84. The van der Waals surface area contributed by atoms with Crippen molar-refractivity contribution in [3.63, 3.8) is 0 Å². The summed E-state index contributed by atoms with van der Waals surface area (Å²) in [6, 6.07) is 9.35. The normalized spacial score (nSPS) is 15.0. The molecule has 0 radical (unpaired) electrons. The number of benzene rings is 1. The summed E-state index contributed by atoms with van der Waals surface area (Å²) in [6.45, 7) is 4.37. The number of nitrogens with zero attached hydrogens (tertiary/aromatic N) is 6. The lowest BCUT2D eigenvalue weighted by Gasteiger charge is -2.37. The molecular formula is C22H22ClF3N8. The number of anilines is 3. The number of hydrogen-bond acceptors (Lipinski definition) is 7. The molecule has 4 rings (SSSR count). The van der Waals surface area contributed by atoms with E-state index in [1.165, 1.54) is 0 Å².